The lowest BCUT2D eigenvalue weighted by atomic mass is 9.90. The Morgan fingerprint density at radius 3 is 2.88 bits per heavy atom. The standard InChI is InChI=1S/C20H25N3O2/c1-15-17(13-21-23(15)14-16-7-3-2-4-8-16)20(24)22-11-12-25-19-10-6-5-9-18(19)22/h2-4,7-8,13,18-19H,5-6,9-12,14H2,1H3/t18-,19-/m0/s1. The first-order valence-electron chi connectivity index (χ1n) is 9.23. The number of hydrogen-bond acceptors (Lipinski definition) is 3. The van der Waals surface area contributed by atoms with E-state index < -0.39 is 0 Å². The molecular weight excluding hydrogens is 314 g/mol. The predicted octanol–water partition coefficient (Wildman–Crippen LogP) is 3.02. The van der Waals surface area contributed by atoms with Crippen LogP contribution in [0.25, 0.3) is 0 Å². The van der Waals surface area contributed by atoms with Crippen LogP contribution in [0.2, 0.25) is 0 Å². The molecule has 1 aromatic heterocycles. The highest BCUT2D eigenvalue weighted by molar-refractivity contribution is 5.95. The van der Waals surface area contributed by atoms with Gasteiger partial charge in [0.2, 0.25) is 0 Å². The maximum atomic E-state index is 13.2. The van der Waals surface area contributed by atoms with Gasteiger partial charge in [-0.15, -0.1) is 0 Å². The van der Waals surface area contributed by atoms with Crippen LogP contribution in [0.3, 0.4) is 0 Å². The van der Waals surface area contributed by atoms with Crippen molar-refractivity contribution in [1.29, 1.82) is 0 Å². The molecule has 2 atom stereocenters. The molecule has 132 valence electrons. The third kappa shape index (κ3) is 3.21. The molecule has 0 spiro atoms. The zero-order valence-corrected chi connectivity index (χ0v) is 14.7. The molecule has 5 heteroatoms. The lowest BCUT2D eigenvalue weighted by molar-refractivity contribution is -0.0753. The molecule has 1 aliphatic carbocycles. The highest BCUT2D eigenvalue weighted by atomic mass is 16.5. The molecule has 25 heavy (non-hydrogen) atoms. The Labute approximate surface area is 148 Å². The minimum atomic E-state index is 0.108. The lowest BCUT2D eigenvalue weighted by Gasteiger charge is -2.43. The number of ether oxygens (including phenoxy) is 1. The van der Waals surface area contributed by atoms with Crippen molar-refractivity contribution in [3.63, 3.8) is 0 Å². The van der Waals surface area contributed by atoms with Crippen molar-refractivity contribution in [2.75, 3.05) is 13.2 Å². The fraction of sp³-hybridized carbons (Fsp3) is 0.500. The van der Waals surface area contributed by atoms with Crippen molar-refractivity contribution in [2.24, 2.45) is 0 Å². The minimum absolute atomic E-state index is 0.108. The summed E-state index contributed by atoms with van der Waals surface area (Å²) in [5, 5.41) is 4.47. The van der Waals surface area contributed by atoms with Gasteiger partial charge < -0.3 is 9.64 Å². The van der Waals surface area contributed by atoms with Crippen molar-refractivity contribution >= 4 is 5.91 Å². The number of rotatable bonds is 3. The topological polar surface area (TPSA) is 47.4 Å². The van der Waals surface area contributed by atoms with Gasteiger partial charge in [-0.1, -0.05) is 43.2 Å². The monoisotopic (exact) mass is 339 g/mol. The number of amides is 1. The Hall–Kier alpha value is -2.14. The molecule has 1 amide bonds. The van der Waals surface area contributed by atoms with Crippen molar-refractivity contribution in [2.45, 2.75) is 51.3 Å². The van der Waals surface area contributed by atoms with E-state index in [0.29, 0.717) is 19.7 Å². The van der Waals surface area contributed by atoms with Gasteiger partial charge >= 0.3 is 0 Å². The summed E-state index contributed by atoms with van der Waals surface area (Å²) in [6.45, 7) is 4.00. The number of fused-ring (bicyclic) bond motifs is 1. The first-order valence-corrected chi connectivity index (χ1v) is 9.23. The van der Waals surface area contributed by atoms with E-state index in [4.69, 9.17) is 4.74 Å². The molecule has 2 heterocycles. The van der Waals surface area contributed by atoms with Crippen LogP contribution in [0.15, 0.2) is 36.5 Å². The highest BCUT2D eigenvalue weighted by Gasteiger charge is 2.37. The Kier molecular flexibility index (Phi) is 4.57. The van der Waals surface area contributed by atoms with Crippen LogP contribution in [0, 0.1) is 6.92 Å². The quantitative estimate of drug-likeness (QED) is 0.863. The van der Waals surface area contributed by atoms with E-state index in [0.717, 1.165) is 24.1 Å². The number of morpholine rings is 1. The van der Waals surface area contributed by atoms with Crippen molar-refractivity contribution in [3.05, 3.63) is 53.3 Å². The van der Waals surface area contributed by atoms with Gasteiger partial charge in [-0.05, 0) is 25.3 Å². The zero-order chi connectivity index (χ0) is 17.2. The fourth-order valence-electron chi connectivity index (χ4n) is 4.08. The van der Waals surface area contributed by atoms with Crippen LogP contribution in [0.4, 0.5) is 0 Å². The minimum Gasteiger partial charge on any atom is -0.374 e. The van der Waals surface area contributed by atoms with Crippen LogP contribution >= 0.6 is 0 Å². The van der Waals surface area contributed by atoms with E-state index in [2.05, 4.69) is 17.2 Å². The summed E-state index contributed by atoms with van der Waals surface area (Å²) >= 11 is 0. The van der Waals surface area contributed by atoms with Gasteiger partial charge in [-0.25, -0.2) is 0 Å². The summed E-state index contributed by atoms with van der Waals surface area (Å²) in [6.07, 6.45) is 6.45. The molecule has 5 nitrogen and oxygen atoms in total. The van der Waals surface area contributed by atoms with E-state index >= 15 is 0 Å². The third-order valence-corrected chi connectivity index (χ3v) is 5.50. The number of aromatic nitrogens is 2. The molecule has 0 unspecified atom stereocenters. The number of benzene rings is 1. The first-order chi connectivity index (χ1) is 12.2. The third-order valence-electron chi connectivity index (χ3n) is 5.50. The van der Waals surface area contributed by atoms with Crippen LogP contribution < -0.4 is 0 Å². The first kappa shape index (κ1) is 16.3. The molecule has 1 saturated heterocycles. The molecule has 2 aromatic rings. The maximum absolute atomic E-state index is 13.2. The molecule has 2 fully saturated rings. The van der Waals surface area contributed by atoms with E-state index in [-0.39, 0.29) is 18.1 Å². The van der Waals surface area contributed by atoms with E-state index in [1.54, 1.807) is 6.20 Å². The summed E-state index contributed by atoms with van der Waals surface area (Å²) in [5.41, 5.74) is 2.85. The van der Waals surface area contributed by atoms with Gasteiger partial charge in [0.1, 0.15) is 0 Å². The SMILES string of the molecule is Cc1c(C(=O)N2CCO[C@H]3CCCC[C@@H]32)cnn1Cc1ccccc1. The maximum Gasteiger partial charge on any atom is 0.257 e. The van der Waals surface area contributed by atoms with Gasteiger partial charge in [0.25, 0.3) is 5.91 Å². The average Bonchev–Trinajstić information content (AvgIpc) is 3.02. The summed E-state index contributed by atoms with van der Waals surface area (Å²) in [4.78, 5) is 15.2. The lowest BCUT2D eigenvalue weighted by Crippen LogP contribution is -2.54. The van der Waals surface area contributed by atoms with Crippen molar-refractivity contribution in [1.82, 2.24) is 14.7 Å². The van der Waals surface area contributed by atoms with Crippen LogP contribution in [-0.4, -0.2) is 45.9 Å². The largest absolute Gasteiger partial charge is 0.374 e. The number of carbonyl (C=O) groups is 1. The van der Waals surface area contributed by atoms with Crippen LogP contribution in [-0.2, 0) is 11.3 Å². The summed E-state index contributed by atoms with van der Waals surface area (Å²) in [6, 6.07) is 10.4. The molecule has 2 aliphatic rings. The average molecular weight is 339 g/mol. The molecule has 4 rings (SSSR count). The summed E-state index contributed by atoms with van der Waals surface area (Å²) in [7, 11) is 0. The van der Waals surface area contributed by atoms with Crippen LogP contribution in [0.1, 0.15) is 47.3 Å². The molecule has 0 radical (unpaired) electrons. The van der Waals surface area contributed by atoms with Gasteiger partial charge in [0.05, 0.1) is 37.1 Å². The molecular formula is C20H25N3O2. The Bertz CT molecular complexity index is 739. The summed E-state index contributed by atoms with van der Waals surface area (Å²) < 4.78 is 7.82. The van der Waals surface area contributed by atoms with Gasteiger partial charge in [-0.3, -0.25) is 9.48 Å². The number of hydrogen-bond donors (Lipinski definition) is 0. The molecule has 1 saturated carbocycles. The molecule has 0 bridgehead atoms. The molecule has 1 aromatic carbocycles. The number of carbonyl (C=O) groups excluding carboxylic acids is 1. The van der Waals surface area contributed by atoms with E-state index in [1.165, 1.54) is 18.4 Å². The molecule has 0 N–H and O–H groups in total. The van der Waals surface area contributed by atoms with Crippen molar-refractivity contribution in [3.8, 4) is 0 Å². The van der Waals surface area contributed by atoms with E-state index in [9.17, 15) is 4.79 Å². The van der Waals surface area contributed by atoms with Crippen LogP contribution in [0.5, 0.6) is 0 Å². The normalized spacial score (nSPS) is 23.3. The highest BCUT2D eigenvalue weighted by Crippen LogP contribution is 2.29. The van der Waals surface area contributed by atoms with Crippen molar-refractivity contribution < 1.29 is 9.53 Å². The second kappa shape index (κ2) is 7.00. The Balaban J connectivity index is 1.54. The van der Waals surface area contributed by atoms with Gasteiger partial charge in [0.15, 0.2) is 0 Å². The van der Waals surface area contributed by atoms with Gasteiger partial charge in [0, 0.05) is 12.2 Å². The Morgan fingerprint density at radius 2 is 2.04 bits per heavy atom. The predicted molar refractivity (Wildman–Crippen MR) is 95.5 cm³/mol. The fourth-order valence-corrected chi connectivity index (χ4v) is 4.08. The van der Waals surface area contributed by atoms with E-state index in [1.807, 2.05) is 34.7 Å². The Morgan fingerprint density at radius 1 is 1.24 bits per heavy atom. The zero-order valence-electron chi connectivity index (χ0n) is 14.7. The smallest absolute Gasteiger partial charge is 0.257 e. The second-order valence-electron chi connectivity index (χ2n) is 7.05. The molecule has 1 aliphatic heterocycles. The van der Waals surface area contributed by atoms with Gasteiger partial charge in [-0.2, -0.15) is 5.10 Å². The summed E-state index contributed by atoms with van der Waals surface area (Å²) in [5.74, 6) is 0.108. The second-order valence-corrected chi connectivity index (χ2v) is 7.05. The number of nitrogens with zero attached hydrogens (tertiary/aromatic N) is 3.